The van der Waals surface area contributed by atoms with Gasteiger partial charge in [-0.05, 0) is 36.8 Å². The number of rotatable bonds is 3. The molecule has 0 aromatic heterocycles. The fourth-order valence-electron chi connectivity index (χ4n) is 2.38. The van der Waals surface area contributed by atoms with Crippen molar-refractivity contribution in [2.24, 2.45) is 0 Å². The molecule has 0 spiro atoms. The molecule has 2 aromatic rings. The van der Waals surface area contributed by atoms with Gasteiger partial charge in [0.2, 0.25) is 0 Å². The number of carbonyl (C=O) groups is 1. The summed E-state index contributed by atoms with van der Waals surface area (Å²) < 4.78 is 5.39. The summed E-state index contributed by atoms with van der Waals surface area (Å²) in [6, 6.07) is 14.4. The van der Waals surface area contributed by atoms with Crippen LogP contribution < -0.4 is 10.1 Å². The predicted octanol–water partition coefficient (Wildman–Crippen LogP) is 3.04. The van der Waals surface area contributed by atoms with Gasteiger partial charge in [-0.1, -0.05) is 24.3 Å². The van der Waals surface area contributed by atoms with Crippen LogP contribution in [0.4, 0.5) is 5.69 Å². The Kier molecular flexibility index (Phi) is 3.50. The molecular formula is C16H16N2O3. The first-order valence-corrected chi connectivity index (χ1v) is 6.81. The summed E-state index contributed by atoms with van der Waals surface area (Å²) in [6.07, 6.45) is -0.608. The minimum atomic E-state index is -0.608. The standard InChI is InChI=1S/C16H16N2O3/c1-2-21-12-9-7-11(8-10-12)15-17-14-6-4-3-5-13(14)16(19)18(15)20/h3-10,15,17,20H,2H2,1H3/t15-/m0/s1. The highest BCUT2D eigenvalue weighted by atomic mass is 16.5. The molecule has 0 saturated heterocycles. The van der Waals surface area contributed by atoms with E-state index in [1.54, 1.807) is 12.1 Å². The van der Waals surface area contributed by atoms with Gasteiger partial charge in [0.05, 0.1) is 12.2 Å². The molecule has 0 bridgehead atoms. The van der Waals surface area contributed by atoms with Crippen molar-refractivity contribution in [2.45, 2.75) is 13.1 Å². The largest absolute Gasteiger partial charge is 0.494 e. The van der Waals surface area contributed by atoms with E-state index < -0.39 is 12.1 Å². The van der Waals surface area contributed by atoms with Gasteiger partial charge in [-0.25, -0.2) is 0 Å². The summed E-state index contributed by atoms with van der Waals surface area (Å²) in [6.45, 7) is 2.51. The Morgan fingerprint density at radius 1 is 1.19 bits per heavy atom. The highest BCUT2D eigenvalue weighted by molar-refractivity contribution is 6.00. The van der Waals surface area contributed by atoms with Crippen molar-refractivity contribution < 1.29 is 14.7 Å². The number of para-hydroxylation sites is 1. The first-order valence-electron chi connectivity index (χ1n) is 6.81. The van der Waals surface area contributed by atoms with Crippen LogP contribution in [0.3, 0.4) is 0 Å². The highest BCUT2D eigenvalue weighted by Gasteiger charge is 2.31. The van der Waals surface area contributed by atoms with Gasteiger partial charge < -0.3 is 10.1 Å². The fourth-order valence-corrected chi connectivity index (χ4v) is 2.38. The molecule has 0 radical (unpaired) electrons. The van der Waals surface area contributed by atoms with Crippen molar-refractivity contribution >= 4 is 11.6 Å². The van der Waals surface area contributed by atoms with Gasteiger partial charge in [-0.15, -0.1) is 0 Å². The van der Waals surface area contributed by atoms with Crippen LogP contribution in [0.5, 0.6) is 5.75 Å². The molecule has 5 heteroatoms. The molecule has 1 heterocycles. The van der Waals surface area contributed by atoms with Crippen LogP contribution in [0.1, 0.15) is 29.0 Å². The molecule has 0 aliphatic carbocycles. The number of hydroxylamine groups is 2. The van der Waals surface area contributed by atoms with E-state index in [-0.39, 0.29) is 0 Å². The smallest absolute Gasteiger partial charge is 0.281 e. The van der Waals surface area contributed by atoms with Gasteiger partial charge >= 0.3 is 0 Å². The predicted molar refractivity (Wildman–Crippen MR) is 78.4 cm³/mol. The Hall–Kier alpha value is -2.53. The summed E-state index contributed by atoms with van der Waals surface area (Å²) in [5.41, 5.74) is 1.96. The molecule has 1 aliphatic heterocycles. The maximum atomic E-state index is 12.2. The average Bonchev–Trinajstić information content (AvgIpc) is 2.52. The second-order valence-electron chi connectivity index (χ2n) is 4.74. The van der Waals surface area contributed by atoms with Gasteiger partial charge in [-0.3, -0.25) is 10.0 Å². The number of nitrogens with one attached hydrogen (secondary N) is 1. The van der Waals surface area contributed by atoms with Gasteiger partial charge in [-0.2, -0.15) is 5.06 Å². The topological polar surface area (TPSA) is 61.8 Å². The Balaban J connectivity index is 1.91. The van der Waals surface area contributed by atoms with Crippen LogP contribution >= 0.6 is 0 Å². The minimum absolute atomic E-state index is 0.414. The summed E-state index contributed by atoms with van der Waals surface area (Å²) in [7, 11) is 0. The van der Waals surface area contributed by atoms with Crippen LogP contribution in [0.15, 0.2) is 48.5 Å². The van der Waals surface area contributed by atoms with E-state index in [0.717, 1.165) is 16.4 Å². The molecule has 0 unspecified atom stereocenters. The van der Waals surface area contributed by atoms with E-state index in [1.807, 2.05) is 43.3 Å². The van der Waals surface area contributed by atoms with Crippen LogP contribution in [-0.4, -0.2) is 22.8 Å². The Bertz CT molecular complexity index is 655. The lowest BCUT2D eigenvalue weighted by molar-refractivity contribution is -0.0851. The number of nitrogens with zero attached hydrogens (tertiary/aromatic N) is 1. The monoisotopic (exact) mass is 284 g/mol. The number of carbonyl (C=O) groups excluding carboxylic acids is 1. The molecule has 2 N–H and O–H groups in total. The van der Waals surface area contributed by atoms with Crippen LogP contribution in [-0.2, 0) is 0 Å². The number of hydrogen-bond donors (Lipinski definition) is 2. The quantitative estimate of drug-likeness (QED) is 0.850. The lowest BCUT2D eigenvalue weighted by Gasteiger charge is -2.33. The third-order valence-electron chi connectivity index (χ3n) is 3.41. The van der Waals surface area contributed by atoms with Crippen LogP contribution in [0, 0.1) is 0 Å². The maximum Gasteiger partial charge on any atom is 0.281 e. The number of fused-ring (bicyclic) bond motifs is 1. The summed E-state index contributed by atoms with van der Waals surface area (Å²) in [5, 5.41) is 14.0. The molecule has 108 valence electrons. The Labute approximate surface area is 122 Å². The fraction of sp³-hybridized carbons (Fsp3) is 0.188. The molecule has 21 heavy (non-hydrogen) atoms. The lowest BCUT2D eigenvalue weighted by Crippen LogP contribution is -2.40. The normalized spacial score (nSPS) is 17.1. The van der Waals surface area contributed by atoms with Gasteiger partial charge in [0.1, 0.15) is 5.75 Å². The zero-order valence-electron chi connectivity index (χ0n) is 11.6. The number of hydrogen-bond acceptors (Lipinski definition) is 4. The molecule has 1 amide bonds. The second-order valence-corrected chi connectivity index (χ2v) is 4.74. The second kappa shape index (κ2) is 5.46. The molecule has 0 saturated carbocycles. The number of amides is 1. The summed E-state index contributed by atoms with van der Waals surface area (Å²) in [4.78, 5) is 12.2. The van der Waals surface area contributed by atoms with Crippen LogP contribution in [0.2, 0.25) is 0 Å². The SMILES string of the molecule is CCOc1ccc([C@H]2Nc3ccccc3C(=O)N2O)cc1. The molecule has 5 nitrogen and oxygen atoms in total. The molecule has 0 fully saturated rings. The minimum Gasteiger partial charge on any atom is -0.494 e. The van der Waals surface area contributed by atoms with Gasteiger partial charge in [0.15, 0.2) is 6.17 Å². The van der Waals surface area contributed by atoms with Crippen molar-refractivity contribution in [1.82, 2.24) is 5.06 Å². The van der Waals surface area contributed by atoms with Gasteiger partial charge in [0, 0.05) is 5.69 Å². The molecule has 1 atom stereocenters. The summed E-state index contributed by atoms with van der Waals surface area (Å²) >= 11 is 0. The van der Waals surface area contributed by atoms with E-state index in [1.165, 1.54) is 0 Å². The van der Waals surface area contributed by atoms with E-state index in [2.05, 4.69) is 5.32 Å². The maximum absolute atomic E-state index is 12.2. The van der Waals surface area contributed by atoms with Crippen LogP contribution in [0.25, 0.3) is 0 Å². The third-order valence-corrected chi connectivity index (χ3v) is 3.41. The Morgan fingerprint density at radius 2 is 1.90 bits per heavy atom. The molecule has 2 aromatic carbocycles. The number of ether oxygens (including phenoxy) is 1. The third kappa shape index (κ3) is 2.43. The Morgan fingerprint density at radius 3 is 2.62 bits per heavy atom. The van der Waals surface area contributed by atoms with E-state index in [4.69, 9.17) is 4.74 Å². The first-order chi connectivity index (χ1) is 10.2. The number of anilines is 1. The van der Waals surface area contributed by atoms with E-state index in [9.17, 15) is 10.0 Å². The highest BCUT2D eigenvalue weighted by Crippen LogP contribution is 2.32. The lowest BCUT2D eigenvalue weighted by atomic mass is 10.1. The van der Waals surface area contributed by atoms with Gasteiger partial charge in [0.25, 0.3) is 5.91 Å². The zero-order valence-corrected chi connectivity index (χ0v) is 11.6. The van der Waals surface area contributed by atoms with Crippen molar-refractivity contribution in [3.63, 3.8) is 0 Å². The zero-order chi connectivity index (χ0) is 14.8. The van der Waals surface area contributed by atoms with Crippen molar-refractivity contribution in [3.8, 4) is 5.75 Å². The number of benzene rings is 2. The molecular weight excluding hydrogens is 268 g/mol. The molecule has 3 rings (SSSR count). The summed E-state index contributed by atoms with van der Waals surface area (Å²) in [5.74, 6) is 0.344. The van der Waals surface area contributed by atoms with Crippen molar-refractivity contribution in [3.05, 3.63) is 59.7 Å². The van der Waals surface area contributed by atoms with Crippen molar-refractivity contribution in [2.75, 3.05) is 11.9 Å². The van der Waals surface area contributed by atoms with Crippen molar-refractivity contribution in [1.29, 1.82) is 0 Å². The average molecular weight is 284 g/mol. The first kappa shape index (κ1) is 13.5. The molecule has 1 aliphatic rings. The van der Waals surface area contributed by atoms with E-state index >= 15 is 0 Å². The van der Waals surface area contributed by atoms with E-state index in [0.29, 0.717) is 17.9 Å².